The summed E-state index contributed by atoms with van der Waals surface area (Å²) in [5.41, 5.74) is 2.99. The molecule has 0 aliphatic rings. The first-order valence-electron chi connectivity index (χ1n) is 5.53. The number of aromatic nitrogens is 1. The van der Waals surface area contributed by atoms with Gasteiger partial charge in [-0.25, -0.2) is 4.79 Å². The van der Waals surface area contributed by atoms with Crippen molar-refractivity contribution in [1.82, 2.24) is 4.98 Å². The molecule has 0 aliphatic heterocycles. The summed E-state index contributed by atoms with van der Waals surface area (Å²) in [6.07, 6.45) is 2.26. The van der Waals surface area contributed by atoms with Crippen molar-refractivity contribution in [3.63, 3.8) is 0 Å². The fourth-order valence-electron chi connectivity index (χ4n) is 1.83. The van der Waals surface area contributed by atoms with Crippen LogP contribution >= 0.6 is 0 Å². The molecule has 2 rings (SSSR count). The van der Waals surface area contributed by atoms with Crippen LogP contribution in [0.25, 0.3) is 17.0 Å². The maximum Gasteiger partial charge on any atom is 0.328 e. The molecule has 0 spiro atoms. The molecular weight excluding hydrogens is 230 g/mol. The van der Waals surface area contributed by atoms with Gasteiger partial charge in [-0.2, -0.15) is 0 Å². The number of carbonyl (C=O) groups is 1. The molecule has 2 N–H and O–H groups in total. The van der Waals surface area contributed by atoms with E-state index in [1.54, 1.807) is 6.07 Å². The fraction of sp³-hybridized carbons (Fsp3) is 0.143. The third-order valence-electron chi connectivity index (χ3n) is 2.99. The van der Waals surface area contributed by atoms with Crippen LogP contribution in [0.2, 0.25) is 0 Å². The highest BCUT2D eigenvalue weighted by Gasteiger charge is 2.04. The van der Waals surface area contributed by atoms with Crippen LogP contribution < -0.4 is 5.56 Å². The van der Waals surface area contributed by atoms with Gasteiger partial charge in [0.05, 0.1) is 5.52 Å². The molecule has 0 bridgehead atoms. The van der Waals surface area contributed by atoms with Crippen LogP contribution in [0.5, 0.6) is 0 Å². The van der Waals surface area contributed by atoms with E-state index in [0.29, 0.717) is 5.56 Å². The van der Waals surface area contributed by atoms with Gasteiger partial charge in [-0.05, 0) is 42.5 Å². The number of rotatable bonds is 2. The van der Waals surface area contributed by atoms with Gasteiger partial charge in [0, 0.05) is 11.6 Å². The van der Waals surface area contributed by atoms with Gasteiger partial charge in [-0.15, -0.1) is 0 Å². The summed E-state index contributed by atoms with van der Waals surface area (Å²) in [4.78, 5) is 25.0. The van der Waals surface area contributed by atoms with Crippen molar-refractivity contribution >= 4 is 22.9 Å². The topological polar surface area (TPSA) is 70.2 Å². The third kappa shape index (κ3) is 2.18. The summed E-state index contributed by atoms with van der Waals surface area (Å²) >= 11 is 0. The number of pyridine rings is 1. The minimum Gasteiger partial charge on any atom is -0.478 e. The highest BCUT2D eigenvalue weighted by molar-refractivity contribution is 5.88. The second-order valence-corrected chi connectivity index (χ2v) is 4.20. The van der Waals surface area contributed by atoms with E-state index < -0.39 is 5.97 Å². The van der Waals surface area contributed by atoms with Crippen molar-refractivity contribution in [3.8, 4) is 0 Å². The molecule has 92 valence electrons. The Hall–Kier alpha value is -2.36. The Kier molecular flexibility index (Phi) is 3.02. The number of fused-ring (bicyclic) bond motifs is 1. The molecule has 1 aromatic carbocycles. The lowest BCUT2D eigenvalue weighted by Gasteiger charge is -2.06. The standard InChI is InChI=1S/C14H13NO3/c1-8-3-4-10-7-11(5-6-12(16)17)14(18)15-13(10)9(8)2/h3-7H,1-2H3,(H,15,18)(H,16,17)/b6-5+. The van der Waals surface area contributed by atoms with Gasteiger partial charge < -0.3 is 10.1 Å². The zero-order chi connectivity index (χ0) is 13.3. The number of aromatic amines is 1. The molecule has 0 unspecified atom stereocenters. The average Bonchev–Trinajstić information content (AvgIpc) is 2.32. The van der Waals surface area contributed by atoms with Crippen molar-refractivity contribution in [3.05, 3.63) is 51.3 Å². The number of carboxylic acids is 1. The summed E-state index contributed by atoms with van der Waals surface area (Å²) in [5, 5.41) is 9.45. The number of benzene rings is 1. The third-order valence-corrected chi connectivity index (χ3v) is 2.99. The molecule has 0 aliphatic carbocycles. The molecule has 4 nitrogen and oxygen atoms in total. The lowest BCUT2D eigenvalue weighted by Crippen LogP contribution is -2.10. The molecule has 0 saturated heterocycles. The van der Waals surface area contributed by atoms with Crippen LogP contribution in [0.1, 0.15) is 16.7 Å². The summed E-state index contributed by atoms with van der Waals surface area (Å²) < 4.78 is 0. The van der Waals surface area contributed by atoms with Gasteiger partial charge in [0.2, 0.25) is 0 Å². The number of nitrogens with one attached hydrogen (secondary N) is 1. The van der Waals surface area contributed by atoms with E-state index in [0.717, 1.165) is 28.1 Å². The SMILES string of the molecule is Cc1ccc2cc(/C=C/C(=O)O)c(=O)[nH]c2c1C. The van der Waals surface area contributed by atoms with Crippen molar-refractivity contribution in [2.45, 2.75) is 13.8 Å². The Labute approximate surface area is 104 Å². The number of aliphatic carboxylic acids is 1. The number of aryl methyl sites for hydroxylation is 2. The zero-order valence-electron chi connectivity index (χ0n) is 10.2. The predicted molar refractivity (Wildman–Crippen MR) is 70.7 cm³/mol. The summed E-state index contributed by atoms with van der Waals surface area (Å²) in [7, 11) is 0. The van der Waals surface area contributed by atoms with Crippen molar-refractivity contribution in [2.75, 3.05) is 0 Å². The van der Waals surface area contributed by atoms with E-state index in [-0.39, 0.29) is 5.56 Å². The Morgan fingerprint density at radius 1 is 1.33 bits per heavy atom. The molecular formula is C14H13NO3. The Bertz CT molecular complexity index is 711. The summed E-state index contributed by atoms with van der Waals surface area (Å²) in [6, 6.07) is 5.58. The average molecular weight is 243 g/mol. The van der Waals surface area contributed by atoms with Crippen LogP contribution in [0.3, 0.4) is 0 Å². The van der Waals surface area contributed by atoms with Crippen LogP contribution in [-0.4, -0.2) is 16.1 Å². The normalized spacial score (nSPS) is 11.2. The number of hydrogen-bond acceptors (Lipinski definition) is 2. The van der Waals surface area contributed by atoms with Crippen molar-refractivity contribution < 1.29 is 9.90 Å². The first-order chi connectivity index (χ1) is 8.49. The molecule has 1 aromatic heterocycles. The highest BCUT2D eigenvalue weighted by Crippen LogP contribution is 2.19. The Balaban J connectivity index is 2.67. The predicted octanol–water partition coefficient (Wildman–Crippen LogP) is 2.24. The largest absolute Gasteiger partial charge is 0.478 e. The Morgan fingerprint density at radius 2 is 2.06 bits per heavy atom. The van der Waals surface area contributed by atoms with E-state index in [1.165, 1.54) is 6.08 Å². The molecule has 4 heteroatoms. The molecule has 0 saturated carbocycles. The fourth-order valence-corrected chi connectivity index (χ4v) is 1.83. The lowest BCUT2D eigenvalue weighted by atomic mass is 10.0. The van der Waals surface area contributed by atoms with Gasteiger partial charge in [-0.3, -0.25) is 4.79 Å². The van der Waals surface area contributed by atoms with Gasteiger partial charge >= 0.3 is 5.97 Å². The number of hydrogen-bond donors (Lipinski definition) is 2. The van der Waals surface area contributed by atoms with Crippen LogP contribution in [0.15, 0.2) is 29.1 Å². The van der Waals surface area contributed by atoms with E-state index in [4.69, 9.17) is 5.11 Å². The highest BCUT2D eigenvalue weighted by atomic mass is 16.4. The number of carboxylic acid groups (broad SMARTS) is 1. The monoisotopic (exact) mass is 243 g/mol. The Morgan fingerprint density at radius 3 is 2.72 bits per heavy atom. The summed E-state index contributed by atoms with van der Waals surface area (Å²) in [5.74, 6) is -1.07. The first kappa shape index (κ1) is 12.1. The molecule has 0 radical (unpaired) electrons. The van der Waals surface area contributed by atoms with Crippen LogP contribution in [0.4, 0.5) is 0 Å². The molecule has 1 heterocycles. The van der Waals surface area contributed by atoms with Gasteiger partial charge in [0.25, 0.3) is 5.56 Å². The van der Waals surface area contributed by atoms with Crippen LogP contribution in [0, 0.1) is 13.8 Å². The molecule has 0 amide bonds. The summed E-state index contributed by atoms with van der Waals surface area (Å²) in [6.45, 7) is 3.92. The van der Waals surface area contributed by atoms with E-state index >= 15 is 0 Å². The smallest absolute Gasteiger partial charge is 0.328 e. The molecule has 0 atom stereocenters. The van der Waals surface area contributed by atoms with Crippen molar-refractivity contribution in [1.29, 1.82) is 0 Å². The maximum absolute atomic E-state index is 11.8. The van der Waals surface area contributed by atoms with Gasteiger partial charge in [0.1, 0.15) is 0 Å². The minimum atomic E-state index is -1.07. The molecule has 0 fully saturated rings. The molecule has 18 heavy (non-hydrogen) atoms. The first-order valence-corrected chi connectivity index (χ1v) is 5.53. The maximum atomic E-state index is 11.8. The van der Waals surface area contributed by atoms with Gasteiger partial charge in [0.15, 0.2) is 0 Å². The van der Waals surface area contributed by atoms with E-state index in [2.05, 4.69) is 4.98 Å². The second kappa shape index (κ2) is 4.49. The quantitative estimate of drug-likeness (QED) is 0.795. The van der Waals surface area contributed by atoms with Crippen LogP contribution in [-0.2, 0) is 4.79 Å². The van der Waals surface area contributed by atoms with Crippen molar-refractivity contribution in [2.24, 2.45) is 0 Å². The second-order valence-electron chi connectivity index (χ2n) is 4.20. The number of H-pyrrole nitrogens is 1. The van der Waals surface area contributed by atoms with E-state index in [9.17, 15) is 9.59 Å². The van der Waals surface area contributed by atoms with Gasteiger partial charge in [-0.1, -0.05) is 12.1 Å². The lowest BCUT2D eigenvalue weighted by molar-refractivity contribution is -0.131. The minimum absolute atomic E-state index is 0.284. The zero-order valence-corrected chi connectivity index (χ0v) is 10.2. The van der Waals surface area contributed by atoms with E-state index in [1.807, 2.05) is 26.0 Å². The molecule has 2 aromatic rings.